The monoisotopic (exact) mass is 294 g/mol. The second-order valence-electron chi connectivity index (χ2n) is 5.64. The Labute approximate surface area is 125 Å². The highest BCUT2D eigenvalue weighted by atomic mass is 19.1. The van der Waals surface area contributed by atoms with E-state index in [9.17, 15) is 14.3 Å². The van der Waals surface area contributed by atoms with Crippen molar-refractivity contribution in [2.45, 2.75) is 44.7 Å². The fourth-order valence-electron chi connectivity index (χ4n) is 2.99. The molecule has 0 unspecified atom stereocenters. The van der Waals surface area contributed by atoms with E-state index in [0.717, 1.165) is 44.4 Å². The second kappa shape index (κ2) is 6.89. The number of carbonyl (C=O) groups excluding carboxylic acids is 1. The quantitative estimate of drug-likeness (QED) is 0.897. The van der Waals surface area contributed by atoms with Gasteiger partial charge in [-0.05, 0) is 50.4 Å². The van der Waals surface area contributed by atoms with Crippen molar-refractivity contribution in [1.82, 2.24) is 10.2 Å². The average Bonchev–Trinajstić information content (AvgIpc) is 2.49. The number of aromatic hydroxyl groups is 1. The van der Waals surface area contributed by atoms with Crippen LogP contribution >= 0.6 is 0 Å². The van der Waals surface area contributed by atoms with E-state index in [1.807, 2.05) is 0 Å². The van der Waals surface area contributed by atoms with Crippen molar-refractivity contribution in [3.8, 4) is 5.75 Å². The standard InChI is InChI=1S/C16H23FN2O2/c1-3-18-12-5-7-13(8-6-12)19(2)16(21)14-10-11(17)4-9-15(14)20/h4,9-10,12-13,18,20H,3,5-8H2,1-2H3. The molecule has 0 heterocycles. The van der Waals surface area contributed by atoms with Gasteiger partial charge in [0.05, 0.1) is 5.56 Å². The molecule has 0 saturated heterocycles. The van der Waals surface area contributed by atoms with Crippen molar-refractivity contribution in [1.29, 1.82) is 0 Å². The van der Waals surface area contributed by atoms with Crippen molar-refractivity contribution in [2.24, 2.45) is 0 Å². The van der Waals surface area contributed by atoms with Gasteiger partial charge in [-0.15, -0.1) is 0 Å². The molecule has 1 aliphatic carbocycles. The maximum absolute atomic E-state index is 13.3. The number of hydrogen-bond acceptors (Lipinski definition) is 3. The van der Waals surface area contributed by atoms with Gasteiger partial charge in [0.1, 0.15) is 11.6 Å². The third kappa shape index (κ3) is 3.73. The van der Waals surface area contributed by atoms with Gasteiger partial charge in [0.2, 0.25) is 0 Å². The second-order valence-corrected chi connectivity index (χ2v) is 5.64. The topological polar surface area (TPSA) is 52.6 Å². The van der Waals surface area contributed by atoms with E-state index >= 15 is 0 Å². The van der Waals surface area contributed by atoms with Crippen molar-refractivity contribution < 1.29 is 14.3 Å². The number of amides is 1. The number of phenolic OH excluding ortho intramolecular Hbond substituents is 1. The first-order chi connectivity index (χ1) is 10.0. The van der Waals surface area contributed by atoms with Crippen LogP contribution in [0, 0.1) is 5.82 Å². The molecule has 1 amide bonds. The fraction of sp³-hybridized carbons (Fsp3) is 0.562. The number of hydrogen-bond donors (Lipinski definition) is 2. The lowest BCUT2D eigenvalue weighted by atomic mass is 9.90. The molecule has 4 nitrogen and oxygen atoms in total. The number of nitrogens with zero attached hydrogens (tertiary/aromatic N) is 1. The van der Waals surface area contributed by atoms with Crippen LogP contribution < -0.4 is 5.32 Å². The Balaban J connectivity index is 2.01. The zero-order valence-electron chi connectivity index (χ0n) is 12.6. The molecule has 0 bridgehead atoms. The number of halogens is 1. The Kier molecular flexibility index (Phi) is 5.17. The molecule has 1 aromatic rings. The molecule has 0 aromatic heterocycles. The summed E-state index contributed by atoms with van der Waals surface area (Å²) in [5.74, 6) is -1.01. The van der Waals surface area contributed by atoms with Gasteiger partial charge in [-0.25, -0.2) is 4.39 Å². The molecule has 2 N–H and O–H groups in total. The summed E-state index contributed by atoms with van der Waals surface area (Å²) in [6.45, 7) is 3.05. The molecule has 1 saturated carbocycles. The Hall–Kier alpha value is -1.62. The molecule has 1 aliphatic rings. The molecular formula is C16H23FN2O2. The number of benzene rings is 1. The highest BCUT2D eigenvalue weighted by Gasteiger charge is 2.27. The SMILES string of the molecule is CCNC1CCC(N(C)C(=O)c2cc(F)ccc2O)CC1. The lowest BCUT2D eigenvalue weighted by molar-refractivity contribution is 0.0681. The minimum atomic E-state index is -0.514. The van der Waals surface area contributed by atoms with Gasteiger partial charge in [0, 0.05) is 19.1 Å². The third-order valence-corrected chi connectivity index (χ3v) is 4.25. The highest BCUT2D eigenvalue weighted by molar-refractivity contribution is 5.96. The predicted molar refractivity (Wildman–Crippen MR) is 79.9 cm³/mol. The van der Waals surface area contributed by atoms with E-state index in [1.54, 1.807) is 11.9 Å². The lowest BCUT2D eigenvalue weighted by Crippen LogP contribution is -2.43. The summed E-state index contributed by atoms with van der Waals surface area (Å²) in [7, 11) is 1.73. The molecule has 5 heteroatoms. The van der Waals surface area contributed by atoms with E-state index in [0.29, 0.717) is 6.04 Å². The maximum atomic E-state index is 13.3. The van der Waals surface area contributed by atoms with Gasteiger partial charge in [0.15, 0.2) is 0 Å². The summed E-state index contributed by atoms with van der Waals surface area (Å²) >= 11 is 0. The van der Waals surface area contributed by atoms with Gasteiger partial charge in [-0.2, -0.15) is 0 Å². The van der Waals surface area contributed by atoms with Crippen molar-refractivity contribution in [3.05, 3.63) is 29.6 Å². The van der Waals surface area contributed by atoms with Gasteiger partial charge < -0.3 is 15.3 Å². The molecule has 21 heavy (non-hydrogen) atoms. The minimum absolute atomic E-state index is 0.0336. The molecule has 0 atom stereocenters. The minimum Gasteiger partial charge on any atom is -0.507 e. The van der Waals surface area contributed by atoms with Crippen LogP contribution in [0.3, 0.4) is 0 Å². The van der Waals surface area contributed by atoms with Crippen LogP contribution in [0.1, 0.15) is 43.0 Å². The highest BCUT2D eigenvalue weighted by Crippen LogP contribution is 2.26. The first-order valence-electron chi connectivity index (χ1n) is 7.52. The van der Waals surface area contributed by atoms with E-state index in [2.05, 4.69) is 12.2 Å². The predicted octanol–water partition coefficient (Wildman–Crippen LogP) is 2.52. The van der Waals surface area contributed by atoms with Crippen LogP contribution in [0.4, 0.5) is 4.39 Å². The zero-order chi connectivity index (χ0) is 15.4. The number of phenols is 1. The van der Waals surface area contributed by atoms with Crippen molar-refractivity contribution in [3.63, 3.8) is 0 Å². The maximum Gasteiger partial charge on any atom is 0.257 e. The molecule has 0 radical (unpaired) electrons. The Morgan fingerprint density at radius 2 is 2.05 bits per heavy atom. The van der Waals surface area contributed by atoms with E-state index in [-0.39, 0.29) is 23.3 Å². The van der Waals surface area contributed by atoms with E-state index in [4.69, 9.17) is 0 Å². The third-order valence-electron chi connectivity index (χ3n) is 4.25. The smallest absolute Gasteiger partial charge is 0.257 e. The molecule has 116 valence electrons. The van der Waals surface area contributed by atoms with Crippen LogP contribution in [0.15, 0.2) is 18.2 Å². The van der Waals surface area contributed by atoms with Crippen LogP contribution in [0.25, 0.3) is 0 Å². The number of rotatable bonds is 4. The van der Waals surface area contributed by atoms with E-state index < -0.39 is 5.82 Å². The lowest BCUT2D eigenvalue weighted by Gasteiger charge is -2.35. The number of carbonyl (C=O) groups is 1. The first kappa shape index (κ1) is 15.8. The summed E-state index contributed by atoms with van der Waals surface area (Å²) < 4.78 is 13.3. The van der Waals surface area contributed by atoms with Crippen LogP contribution in [0.5, 0.6) is 5.75 Å². The summed E-state index contributed by atoms with van der Waals surface area (Å²) in [5, 5.41) is 13.2. The summed E-state index contributed by atoms with van der Waals surface area (Å²) in [6, 6.07) is 4.14. The molecule has 0 aliphatic heterocycles. The zero-order valence-corrected chi connectivity index (χ0v) is 12.6. The summed E-state index contributed by atoms with van der Waals surface area (Å²) in [4.78, 5) is 14.0. The normalized spacial score (nSPS) is 22.0. The van der Waals surface area contributed by atoms with Crippen molar-refractivity contribution >= 4 is 5.91 Å². The fourth-order valence-corrected chi connectivity index (χ4v) is 2.99. The summed E-state index contributed by atoms with van der Waals surface area (Å²) in [6.07, 6.45) is 3.92. The van der Waals surface area contributed by atoms with Crippen LogP contribution in [-0.2, 0) is 0 Å². The Bertz CT molecular complexity index is 499. The Morgan fingerprint density at radius 1 is 1.38 bits per heavy atom. The van der Waals surface area contributed by atoms with Gasteiger partial charge in [-0.1, -0.05) is 6.92 Å². The van der Waals surface area contributed by atoms with Gasteiger partial charge >= 0.3 is 0 Å². The van der Waals surface area contributed by atoms with Gasteiger partial charge in [0.25, 0.3) is 5.91 Å². The van der Waals surface area contributed by atoms with Crippen LogP contribution in [-0.4, -0.2) is 41.6 Å². The molecular weight excluding hydrogens is 271 g/mol. The molecule has 2 rings (SSSR count). The largest absolute Gasteiger partial charge is 0.507 e. The van der Waals surface area contributed by atoms with E-state index in [1.165, 1.54) is 6.07 Å². The Morgan fingerprint density at radius 3 is 2.67 bits per heavy atom. The van der Waals surface area contributed by atoms with Crippen LogP contribution in [0.2, 0.25) is 0 Å². The number of nitrogens with one attached hydrogen (secondary N) is 1. The average molecular weight is 294 g/mol. The first-order valence-corrected chi connectivity index (χ1v) is 7.52. The molecule has 1 aromatic carbocycles. The van der Waals surface area contributed by atoms with Gasteiger partial charge in [-0.3, -0.25) is 4.79 Å². The summed E-state index contributed by atoms with van der Waals surface area (Å²) in [5.41, 5.74) is 0.0336. The van der Waals surface area contributed by atoms with Crippen molar-refractivity contribution in [2.75, 3.05) is 13.6 Å². The molecule has 1 fully saturated rings. The molecule has 0 spiro atoms.